The summed E-state index contributed by atoms with van der Waals surface area (Å²) in [4.78, 5) is 11.3. The molecule has 2 heterocycles. The number of hydrogen-bond acceptors (Lipinski definition) is 4. The van der Waals surface area contributed by atoms with Crippen LogP contribution in [0, 0.1) is 6.92 Å². The van der Waals surface area contributed by atoms with Gasteiger partial charge in [-0.2, -0.15) is 5.10 Å². The monoisotopic (exact) mass is 209 g/mol. The first-order chi connectivity index (χ1) is 7.09. The zero-order chi connectivity index (χ0) is 11.0. The number of amides is 1. The van der Waals surface area contributed by atoms with E-state index in [0.29, 0.717) is 23.1 Å². The molecule has 1 aliphatic heterocycles. The van der Waals surface area contributed by atoms with Crippen LogP contribution in [0.1, 0.15) is 16.1 Å². The Labute approximate surface area is 87.8 Å². The summed E-state index contributed by atoms with van der Waals surface area (Å²) in [5.41, 5.74) is 6.47. The number of aromatic nitrogens is 2. The van der Waals surface area contributed by atoms with E-state index in [4.69, 9.17) is 5.73 Å². The molecule has 0 aromatic carbocycles. The Balaban J connectivity index is 2.30. The standard InChI is InChI=1S/C9H15N5O/c1-5-7(8(10)15)9(14(2)13-5)12-6-3-11-4-6/h6,11-12H,3-4H2,1-2H3,(H2,10,15). The number of nitrogens with zero attached hydrogens (tertiary/aromatic N) is 2. The second kappa shape index (κ2) is 3.54. The van der Waals surface area contributed by atoms with E-state index in [1.807, 2.05) is 0 Å². The SMILES string of the molecule is Cc1nn(C)c(NC2CNC2)c1C(N)=O. The molecule has 2 rings (SSSR count). The van der Waals surface area contributed by atoms with Crippen molar-refractivity contribution in [1.82, 2.24) is 15.1 Å². The maximum absolute atomic E-state index is 11.3. The third kappa shape index (κ3) is 1.68. The van der Waals surface area contributed by atoms with Gasteiger partial charge in [0, 0.05) is 20.1 Å². The summed E-state index contributed by atoms with van der Waals surface area (Å²) in [5, 5.41) is 10.6. The van der Waals surface area contributed by atoms with Crippen molar-refractivity contribution in [2.45, 2.75) is 13.0 Å². The summed E-state index contributed by atoms with van der Waals surface area (Å²) in [6, 6.07) is 0.359. The molecule has 0 aliphatic carbocycles. The van der Waals surface area contributed by atoms with E-state index >= 15 is 0 Å². The number of carbonyl (C=O) groups excluding carboxylic acids is 1. The largest absolute Gasteiger partial charge is 0.365 e. The lowest BCUT2D eigenvalue weighted by Crippen LogP contribution is -2.51. The molecule has 1 saturated heterocycles. The quantitative estimate of drug-likeness (QED) is 0.609. The van der Waals surface area contributed by atoms with Crippen LogP contribution in [0.25, 0.3) is 0 Å². The summed E-state index contributed by atoms with van der Waals surface area (Å²) in [5.74, 6) is 0.280. The molecular weight excluding hydrogens is 194 g/mol. The summed E-state index contributed by atoms with van der Waals surface area (Å²) in [6.07, 6.45) is 0. The highest BCUT2D eigenvalue weighted by atomic mass is 16.1. The Morgan fingerprint density at radius 2 is 2.33 bits per heavy atom. The van der Waals surface area contributed by atoms with Crippen molar-refractivity contribution >= 4 is 11.7 Å². The molecule has 4 N–H and O–H groups in total. The van der Waals surface area contributed by atoms with Crippen LogP contribution < -0.4 is 16.4 Å². The second-order valence-corrected chi connectivity index (χ2v) is 3.80. The lowest BCUT2D eigenvalue weighted by atomic mass is 10.1. The lowest BCUT2D eigenvalue weighted by molar-refractivity contribution is 0.100. The van der Waals surface area contributed by atoms with Crippen molar-refractivity contribution < 1.29 is 4.79 Å². The van der Waals surface area contributed by atoms with Crippen LogP contribution in [0.5, 0.6) is 0 Å². The van der Waals surface area contributed by atoms with Crippen LogP contribution in [0.15, 0.2) is 0 Å². The number of rotatable bonds is 3. The van der Waals surface area contributed by atoms with Gasteiger partial charge >= 0.3 is 0 Å². The molecule has 1 aliphatic rings. The fourth-order valence-corrected chi connectivity index (χ4v) is 1.70. The van der Waals surface area contributed by atoms with E-state index in [9.17, 15) is 4.79 Å². The highest BCUT2D eigenvalue weighted by Crippen LogP contribution is 2.19. The van der Waals surface area contributed by atoms with Crippen molar-refractivity contribution in [3.63, 3.8) is 0 Å². The summed E-state index contributed by atoms with van der Waals surface area (Å²) < 4.78 is 1.66. The van der Waals surface area contributed by atoms with Crippen LogP contribution in [-0.4, -0.2) is 34.8 Å². The van der Waals surface area contributed by atoms with Crippen LogP contribution in [0.2, 0.25) is 0 Å². The maximum Gasteiger partial charge on any atom is 0.254 e. The van der Waals surface area contributed by atoms with Gasteiger partial charge in [0.05, 0.1) is 11.7 Å². The molecule has 6 nitrogen and oxygen atoms in total. The average Bonchev–Trinajstić information content (AvgIpc) is 2.33. The molecule has 1 fully saturated rings. The summed E-state index contributed by atoms with van der Waals surface area (Å²) in [6.45, 7) is 3.59. The van der Waals surface area contributed by atoms with Gasteiger partial charge in [0.2, 0.25) is 0 Å². The van der Waals surface area contributed by atoms with Gasteiger partial charge in [-0.15, -0.1) is 0 Å². The first-order valence-electron chi connectivity index (χ1n) is 4.90. The number of anilines is 1. The third-order valence-electron chi connectivity index (χ3n) is 2.59. The molecule has 6 heteroatoms. The molecule has 0 saturated carbocycles. The van der Waals surface area contributed by atoms with Crippen molar-refractivity contribution in [1.29, 1.82) is 0 Å². The minimum Gasteiger partial charge on any atom is -0.365 e. The number of aryl methyl sites for hydroxylation is 2. The molecule has 1 amide bonds. The normalized spacial score (nSPS) is 16.1. The van der Waals surface area contributed by atoms with Crippen LogP contribution in [-0.2, 0) is 7.05 Å². The molecule has 0 atom stereocenters. The predicted octanol–water partition coefficient (Wildman–Crippen LogP) is -0.789. The minimum absolute atomic E-state index is 0.359. The van der Waals surface area contributed by atoms with E-state index in [1.165, 1.54) is 0 Å². The van der Waals surface area contributed by atoms with Crippen molar-refractivity contribution in [2.75, 3.05) is 18.4 Å². The van der Waals surface area contributed by atoms with Crippen LogP contribution in [0.4, 0.5) is 5.82 Å². The molecule has 0 radical (unpaired) electrons. The van der Waals surface area contributed by atoms with E-state index in [1.54, 1.807) is 18.7 Å². The molecule has 0 bridgehead atoms. The first kappa shape index (κ1) is 9.97. The first-order valence-corrected chi connectivity index (χ1v) is 4.90. The van der Waals surface area contributed by atoms with Crippen LogP contribution in [0.3, 0.4) is 0 Å². The highest BCUT2D eigenvalue weighted by molar-refractivity contribution is 5.98. The minimum atomic E-state index is -0.435. The van der Waals surface area contributed by atoms with Gasteiger partial charge in [0.25, 0.3) is 5.91 Å². The fraction of sp³-hybridized carbons (Fsp3) is 0.556. The van der Waals surface area contributed by atoms with Crippen molar-refractivity contribution in [3.05, 3.63) is 11.3 Å². The molecular formula is C9H15N5O. The molecule has 0 spiro atoms. The molecule has 15 heavy (non-hydrogen) atoms. The van der Waals surface area contributed by atoms with Gasteiger partial charge in [-0.3, -0.25) is 9.48 Å². The van der Waals surface area contributed by atoms with Gasteiger partial charge in [-0.1, -0.05) is 0 Å². The number of nitrogens with one attached hydrogen (secondary N) is 2. The Kier molecular flexibility index (Phi) is 2.36. The molecule has 1 aromatic heterocycles. The van der Waals surface area contributed by atoms with E-state index < -0.39 is 5.91 Å². The van der Waals surface area contributed by atoms with Gasteiger partial charge in [-0.25, -0.2) is 0 Å². The zero-order valence-corrected chi connectivity index (χ0v) is 8.87. The van der Waals surface area contributed by atoms with Crippen molar-refractivity contribution in [2.24, 2.45) is 12.8 Å². The second-order valence-electron chi connectivity index (χ2n) is 3.80. The van der Waals surface area contributed by atoms with Crippen molar-refractivity contribution in [3.8, 4) is 0 Å². The van der Waals surface area contributed by atoms with Gasteiger partial charge < -0.3 is 16.4 Å². The highest BCUT2D eigenvalue weighted by Gasteiger charge is 2.23. The van der Waals surface area contributed by atoms with Gasteiger partial charge in [0.1, 0.15) is 11.4 Å². The Bertz CT molecular complexity index is 393. The topological polar surface area (TPSA) is 85.0 Å². The third-order valence-corrected chi connectivity index (χ3v) is 2.59. The number of carbonyl (C=O) groups is 1. The number of hydrogen-bond donors (Lipinski definition) is 3. The van der Waals surface area contributed by atoms with E-state index in [0.717, 1.165) is 13.1 Å². The average molecular weight is 209 g/mol. The number of nitrogens with two attached hydrogens (primary N) is 1. The fourth-order valence-electron chi connectivity index (χ4n) is 1.70. The zero-order valence-electron chi connectivity index (χ0n) is 8.87. The number of primary amides is 1. The van der Waals surface area contributed by atoms with E-state index in [-0.39, 0.29) is 0 Å². The molecule has 82 valence electrons. The maximum atomic E-state index is 11.3. The van der Waals surface area contributed by atoms with Gasteiger partial charge in [0.15, 0.2) is 0 Å². The lowest BCUT2D eigenvalue weighted by Gasteiger charge is -2.29. The summed E-state index contributed by atoms with van der Waals surface area (Å²) >= 11 is 0. The molecule has 1 aromatic rings. The Morgan fingerprint density at radius 3 is 2.80 bits per heavy atom. The predicted molar refractivity (Wildman–Crippen MR) is 56.7 cm³/mol. The van der Waals surface area contributed by atoms with Crippen LogP contribution >= 0.6 is 0 Å². The smallest absolute Gasteiger partial charge is 0.254 e. The van der Waals surface area contributed by atoms with E-state index in [2.05, 4.69) is 15.7 Å². The Hall–Kier alpha value is -1.56. The Morgan fingerprint density at radius 1 is 1.67 bits per heavy atom. The molecule has 0 unspecified atom stereocenters. The summed E-state index contributed by atoms with van der Waals surface area (Å²) in [7, 11) is 1.80. The van der Waals surface area contributed by atoms with Gasteiger partial charge in [-0.05, 0) is 6.92 Å².